The van der Waals surface area contributed by atoms with Gasteiger partial charge in [-0.15, -0.1) is 0 Å². The van der Waals surface area contributed by atoms with Crippen molar-refractivity contribution in [1.29, 1.82) is 0 Å². The highest BCUT2D eigenvalue weighted by atomic mass is 16.5. The van der Waals surface area contributed by atoms with Crippen molar-refractivity contribution in [2.24, 2.45) is 0 Å². The van der Waals surface area contributed by atoms with Crippen molar-refractivity contribution in [2.45, 2.75) is 13.3 Å². The summed E-state index contributed by atoms with van der Waals surface area (Å²) in [6, 6.07) is 10.8. The molecule has 0 saturated carbocycles. The van der Waals surface area contributed by atoms with Gasteiger partial charge in [-0.25, -0.2) is 0 Å². The lowest BCUT2D eigenvalue weighted by Gasteiger charge is -2.34. The van der Waals surface area contributed by atoms with E-state index in [1.165, 1.54) is 6.26 Å². The highest BCUT2D eigenvalue weighted by Crippen LogP contribution is 2.23. The topological polar surface area (TPSA) is 75.0 Å². The number of piperazine rings is 1. The van der Waals surface area contributed by atoms with Crippen LogP contribution < -0.4 is 10.1 Å². The van der Waals surface area contributed by atoms with Gasteiger partial charge >= 0.3 is 0 Å². The fraction of sp³-hybridized carbons (Fsp3) is 0.400. The van der Waals surface area contributed by atoms with Crippen molar-refractivity contribution in [3.05, 3.63) is 48.4 Å². The van der Waals surface area contributed by atoms with Crippen molar-refractivity contribution < 1.29 is 18.7 Å². The van der Waals surface area contributed by atoms with Crippen molar-refractivity contribution in [3.63, 3.8) is 0 Å². The zero-order valence-corrected chi connectivity index (χ0v) is 15.5. The molecule has 0 radical (unpaired) electrons. The first-order valence-electron chi connectivity index (χ1n) is 9.24. The molecular formula is C20H25N3O4. The number of furan rings is 1. The molecule has 7 nitrogen and oxygen atoms in total. The lowest BCUT2D eigenvalue weighted by Crippen LogP contribution is -2.49. The number of nitrogens with zero attached hydrogens (tertiary/aromatic N) is 2. The van der Waals surface area contributed by atoms with Crippen molar-refractivity contribution in [1.82, 2.24) is 9.80 Å². The molecule has 1 saturated heterocycles. The van der Waals surface area contributed by atoms with Gasteiger partial charge in [0.25, 0.3) is 5.91 Å². The van der Waals surface area contributed by atoms with E-state index in [2.05, 4.69) is 10.2 Å². The molecular weight excluding hydrogens is 346 g/mol. The number of rotatable bonds is 7. The van der Waals surface area contributed by atoms with Crippen LogP contribution in [0.2, 0.25) is 0 Å². The summed E-state index contributed by atoms with van der Waals surface area (Å²) in [6.07, 6.45) is 1.90. The molecule has 0 spiro atoms. The van der Waals surface area contributed by atoms with Crippen LogP contribution in [0.15, 0.2) is 47.1 Å². The van der Waals surface area contributed by atoms with E-state index in [1.54, 1.807) is 17.0 Å². The van der Waals surface area contributed by atoms with E-state index in [1.807, 2.05) is 31.2 Å². The van der Waals surface area contributed by atoms with Gasteiger partial charge < -0.3 is 19.4 Å². The number of amides is 2. The zero-order valence-electron chi connectivity index (χ0n) is 15.5. The maximum atomic E-state index is 12.3. The molecule has 1 fully saturated rings. The molecule has 0 aliphatic carbocycles. The molecule has 1 N–H and O–H groups in total. The van der Waals surface area contributed by atoms with Crippen LogP contribution in [0.5, 0.6) is 5.75 Å². The summed E-state index contributed by atoms with van der Waals surface area (Å²) >= 11 is 0. The number of nitrogens with one attached hydrogen (secondary N) is 1. The summed E-state index contributed by atoms with van der Waals surface area (Å²) in [6.45, 7) is 5.88. The van der Waals surface area contributed by atoms with Crippen LogP contribution in [0.25, 0.3) is 0 Å². The van der Waals surface area contributed by atoms with Gasteiger partial charge in [0, 0.05) is 39.1 Å². The second kappa shape index (κ2) is 9.23. The number of anilines is 1. The van der Waals surface area contributed by atoms with Crippen LogP contribution in [0.1, 0.15) is 23.9 Å². The first kappa shape index (κ1) is 19.0. The van der Waals surface area contributed by atoms with Gasteiger partial charge in [-0.05, 0) is 31.2 Å². The first-order chi connectivity index (χ1) is 13.2. The molecule has 0 unspecified atom stereocenters. The van der Waals surface area contributed by atoms with Gasteiger partial charge in [0.1, 0.15) is 5.75 Å². The number of carbonyl (C=O) groups is 2. The summed E-state index contributed by atoms with van der Waals surface area (Å²) in [5.74, 6) is 0.926. The van der Waals surface area contributed by atoms with E-state index < -0.39 is 0 Å². The summed E-state index contributed by atoms with van der Waals surface area (Å²) in [7, 11) is 0. The van der Waals surface area contributed by atoms with E-state index in [-0.39, 0.29) is 11.8 Å². The van der Waals surface area contributed by atoms with E-state index in [9.17, 15) is 9.59 Å². The number of ether oxygens (including phenoxy) is 1. The third kappa shape index (κ3) is 5.10. The van der Waals surface area contributed by atoms with E-state index in [4.69, 9.17) is 9.15 Å². The lowest BCUT2D eigenvalue weighted by molar-refractivity contribution is -0.116. The molecule has 1 aliphatic rings. The normalized spacial score (nSPS) is 14.8. The highest BCUT2D eigenvalue weighted by Gasteiger charge is 2.23. The molecule has 1 aromatic heterocycles. The van der Waals surface area contributed by atoms with Crippen LogP contribution in [-0.2, 0) is 4.79 Å². The molecule has 27 heavy (non-hydrogen) atoms. The molecule has 1 aromatic carbocycles. The summed E-state index contributed by atoms with van der Waals surface area (Å²) in [5, 5.41) is 2.91. The minimum atomic E-state index is -0.0788. The Labute approximate surface area is 158 Å². The Hall–Kier alpha value is -2.80. The van der Waals surface area contributed by atoms with E-state index >= 15 is 0 Å². The maximum absolute atomic E-state index is 12.3. The quantitative estimate of drug-likeness (QED) is 0.809. The SMILES string of the molecule is CCOc1ccccc1NC(=O)CCN1CCN(C(=O)c2ccco2)CC1. The lowest BCUT2D eigenvalue weighted by atomic mass is 10.2. The Morgan fingerprint density at radius 3 is 2.59 bits per heavy atom. The van der Waals surface area contributed by atoms with Crippen LogP contribution in [0, 0.1) is 0 Å². The van der Waals surface area contributed by atoms with Crippen LogP contribution in [-0.4, -0.2) is 60.9 Å². The summed E-state index contributed by atoms with van der Waals surface area (Å²) in [5.41, 5.74) is 0.693. The fourth-order valence-corrected chi connectivity index (χ4v) is 3.05. The van der Waals surface area contributed by atoms with Crippen molar-refractivity contribution >= 4 is 17.5 Å². The van der Waals surface area contributed by atoms with Gasteiger partial charge in [0.05, 0.1) is 18.6 Å². The number of para-hydroxylation sites is 2. The predicted octanol–water partition coefficient (Wildman–Crippen LogP) is 2.46. The standard InChI is InChI=1S/C20H25N3O4/c1-2-26-17-7-4-3-6-16(17)21-19(24)9-10-22-11-13-23(14-12-22)20(25)18-8-5-15-27-18/h3-8,15H,2,9-14H2,1H3,(H,21,24). The minimum Gasteiger partial charge on any atom is -0.492 e. The second-order valence-corrected chi connectivity index (χ2v) is 6.34. The average molecular weight is 371 g/mol. The molecule has 0 bridgehead atoms. The van der Waals surface area contributed by atoms with Gasteiger partial charge in [0.15, 0.2) is 5.76 Å². The van der Waals surface area contributed by atoms with Crippen LogP contribution in [0.3, 0.4) is 0 Å². The molecule has 2 aromatic rings. The van der Waals surface area contributed by atoms with Crippen LogP contribution >= 0.6 is 0 Å². The molecule has 1 aliphatic heterocycles. The smallest absolute Gasteiger partial charge is 0.289 e. The van der Waals surface area contributed by atoms with Crippen molar-refractivity contribution in [2.75, 3.05) is 44.6 Å². The molecule has 0 atom stereocenters. The molecule has 7 heteroatoms. The minimum absolute atomic E-state index is 0.0451. The second-order valence-electron chi connectivity index (χ2n) is 6.34. The predicted molar refractivity (Wildman–Crippen MR) is 102 cm³/mol. The molecule has 2 heterocycles. The summed E-state index contributed by atoms with van der Waals surface area (Å²) in [4.78, 5) is 28.5. The number of benzene rings is 1. The van der Waals surface area contributed by atoms with E-state index in [0.717, 1.165) is 13.1 Å². The Morgan fingerprint density at radius 2 is 1.89 bits per heavy atom. The third-order valence-corrected chi connectivity index (χ3v) is 4.51. The van der Waals surface area contributed by atoms with Gasteiger partial charge in [-0.3, -0.25) is 14.5 Å². The van der Waals surface area contributed by atoms with Gasteiger partial charge in [-0.2, -0.15) is 0 Å². The summed E-state index contributed by atoms with van der Waals surface area (Å²) < 4.78 is 10.7. The fourth-order valence-electron chi connectivity index (χ4n) is 3.05. The molecule has 2 amide bonds. The van der Waals surface area contributed by atoms with E-state index in [0.29, 0.717) is 49.9 Å². The van der Waals surface area contributed by atoms with Crippen molar-refractivity contribution in [3.8, 4) is 5.75 Å². The Balaban J connectivity index is 1.42. The zero-order chi connectivity index (χ0) is 19.1. The number of hydrogen-bond acceptors (Lipinski definition) is 5. The molecule has 3 rings (SSSR count). The van der Waals surface area contributed by atoms with Gasteiger partial charge in [-0.1, -0.05) is 12.1 Å². The van der Waals surface area contributed by atoms with Crippen LogP contribution in [0.4, 0.5) is 5.69 Å². The maximum Gasteiger partial charge on any atom is 0.289 e. The Morgan fingerprint density at radius 1 is 1.11 bits per heavy atom. The monoisotopic (exact) mass is 371 g/mol. The highest BCUT2D eigenvalue weighted by molar-refractivity contribution is 5.92. The van der Waals surface area contributed by atoms with Gasteiger partial charge in [0.2, 0.25) is 5.91 Å². The Bertz CT molecular complexity index is 752. The average Bonchev–Trinajstić information content (AvgIpc) is 3.23. The molecule has 144 valence electrons. The first-order valence-corrected chi connectivity index (χ1v) is 9.24. The number of carbonyl (C=O) groups excluding carboxylic acids is 2. The number of hydrogen-bond donors (Lipinski definition) is 1. The third-order valence-electron chi connectivity index (χ3n) is 4.51. The largest absolute Gasteiger partial charge is 0.492 e. The Kier molecular flexibility index (Phi) is 6.49.